The standard InChI is InChI=1S/C24H18N2O2S/c1-15-20(19-8-4-5-9-21(19)25-15)13-22-23(27)26(24(28)29-22)14-16-10-11-17-6-2-3-7-18(17)12-16/h2-13,27H,14H2,1H3/b20-13-. The number of aliphatic imine (C=N–C) groups is 1. The summed E-state index contributed by atoms with van der Waals surface area (Å²) in [6, 6.07) is 22.1. The van der Waals surface area contributed by atoms with Gasteiger partial charge in [0.15, 0.2) is 0 Å². The van der Waals surface area contributed by atoms with Crippen LogP contribution >= 0.6 is 11.3 Å². The number of aromatic hydroxyl groups is 1. The van der Waals surface area contributed by atoms with Crippen molar-refractivity contribution in [3.8, 4) is 5.88 Å². The van der Waals surface area contributed by atoms with Crippen LogP contribution in [0.4, 0.5) is 5.69 Å². The van der Waals surface area contributed by atoms with Crippen molar-refractivity contribution in [1.29, 1.82) is 0 Å². The highest BCUT2D eigenvalue weighted by molar-refractivity contribution is 7.10. The number of aromatic nitrogens is 1. The smallest absolute Gasteiger partial charge is 0.310 e. The number of allylic oxidation sites excluding steroid dienone is 1. The second-order valence-corrected chi connectivity index (χ2v) is 8.09. The molecule has 1 aliphatic rings. The first kappa shape index (κ1) is 17.6. The molecule has 142 valence electrons. The van der Waals surface area contributed by atoms with Crippen molar-refractivity contribution < 1.29 is 5.11 Å². The van der Waals surface area contributed by atoms with Gasteiger partial charge in [-0.25, -0.2) is 0 Å². The number of fused-ring (bicyclic) bond motifs is 2. The van der Waals surface area contributed by atoms with Crippen LogP contribution in [0.3, 0.4) is 0 Å². The van der Waals surface area contributed by atoms with E-state index in [4.69, 9.17) is 0 Å². The van der Waals surface area contributed by atoms with Crippen LogP contribution in [-0.2, 0) is 6.54 Å². The molecule has 3 aromatic carbocycles. The molecule has 0 radical (unpaired) electrons. The van der Waals surface area contributed by atoms with Gasteiger partial charge in [-0.1, -0.05) is 65.9 Å². The third-order valence-corrected chi connectivity index (χ3v) is 6.11. The van der Waals surface area contributed by atoms with E-state index in [2.05, 4.69) is 17.1 Å². The summed E-state index contributed by atoms with van der Waals surface area (Å²) in [4.78, 5) is 17.5. The van der Waals surface area contributed by atoms with Crippen molar-refractivity contribution >= 4 is 45.2 Å². The Kier molecular flexibility index (Phi) is 4.18. The van der Waals surface area contributed by atoms with E-state index in [1.54, 1.807) is 0 Å². The van der Waals surface area contributed by atoms with Crippen LogP contribution in [0.5, 0.6) is 5.88 Å². The van der Waals surface area contributed by atoms with Gasteiger partial charge in [-0.2, -0.15) is 0 Å². The van der Waals surface area contributed by atoms with Crippen molar-refractivity contribution in [3.05, 3.63) is 92.4 Å². The van der Waals surface area contributed by atoms with Gasteiger partial charge in [0.25, 0.3) is 0 Å². The fraction of sp³-hybridized carbons (Fsp3) is 0.0833. The summed E-state index contributed by atoms with van der Waals surface area (Å²) in [5.74, 6) is -0.00200. The number of hydrogen-bond donors (Lipinski definition) is 1. The van der Waals surface area contributed by atoms with E-state index >= 15 is 0 Å². The fourth-order valence-electron chi connectivity index (χ4n) is 3.72. The minimum Gasteiger partial charge on any atom is -0.493 e. The number of benzene rings is 3. The first-order chi connectivity index (χ1) is 14.1. The van der Waals surface area contributed by atoms with Crippen molar-refractivity contribution in [2.75, 3.05) is 0 Å². The number of nitrogens with zero attached hydrogens (tertiary/aromatic N) is 2. The van der Waals surface area contributed by atoms with Crippen molar-refractivity contribution in [2.45, 2.75) is 13.5 Å². The first-order valence-electron chi connectivity index (χ1n) is 9.37. The summed E-state index contributed by atoms with van der Waals surface area (Å²) in [7, 11) is 0. The van der Waals surface area contributed by atoms with E-state index in [-0.39, 0.29) is 10.8 Å². The molecule has 1 aromatic heterocycles. The van der Waals surface area contributed by atoms with Crippen LogP contribution < -0.4 is 4.87 Å². The maximum absolute atomic E-state index is 12.6. The predicted octanol–water partition coefficient (Wildman–Crippen LogP) is 5.46. The molecule has 0 amide bonds. The molecule has 4 aromatic rings. The van der Waals surface area contributed by atoms with Crippen molar-refractivity contribution in [2.24, 2.45) is 4.99 Å². The number of para-hydroxylation sites is 1. The summed E-state index contributed by atoms with van der Waals surface area (Å²) in [6.45, 7) is 2.27. The summed E-state index contributed by atoms with van der Waals surface area (Å²) in [5.41, 5.74) is 4.73. The van der Waals surface area contributed by atoms with E-state index < -0.39 is 0 Å². The molecule has 4 nitrogen and oxygen atoms in total. The maximum Gasteiger partial charge on any atom is 0.310 e. The molecule has 0 spiro atoms. The zero-order valence-electron chi connectivity index (χ0n) is 15.8. The van der Waals surface area contributed by atoms with Crippen LogP contribution in [0.1, 0.15) is 22.9 Å². The topological polar surface area (TPSA) is 54.6 Å². The SMILES string of the molecule is CC1=Nc2ccccc2/C1=C\c1sc(=O)n(Cc2ccc3ccccc3c2)c1O. The largest absolute Gasteiger partial charge is 0.493 e. The molecule has 1 N–H and O–H groups in total. The Bertz CT molecular complexity index is 1380. The zero-order chi connectivity index (χ0) is 20.0. The molecule has 0 bridgehead atoms. The molecule has 1 aliphatic heterocycles. The maximum atomic E-state index is 12.6. The summed E-state index contributed by atoms with van der Waals surface area (Å²) in [6.07, 6.45) is 1.86. The monoisotopic (exact) mass is 398 g/mol. The Morgan fingerprint density at radius 3 is 2.66 bits per heavy atom. The quantitative estimate of drug-likeness (QED) is 0.498. The van der Waals surface area contributed by atoms with Crippen LogP contribution in [0.2, 0.25) is 0 Å². The number of hydrogen-bond acceptors (Lipinski definition) is 4. The molecule has 0 unspecified atom stereocenters. The average molecular weight is 398 g/mol. The molecule has 0 atom stereocenters. The molecule has 0 aliphatic carbocycles. The number of thiazole rings is 1. The van der Waals surface area contributed by atoms with Crippen molar-refractivity contribution in [1.82, 2.24) is 4.57 Å². The lowest BCUT2D eigenvalue weighted by atomic mass is 10.0. The summed E-state index contributed by atoms with van der Waals surface area (Å²) >= 11 is 1.05. The molecular formula is C24H18N2O2S. The Labute approximate surface area is 171 Å². The molecule has 5 rings (SSSR count). The first-order valence-corrected chi connectivity index (χ1v) is 10.2. The molecule has 2 heterocycles. The Morgan fingerprint density at radius 2 is 1.79 bits per heavy atom. The molecule has 5 heteroatoms. The highest BCUT2D eigenvalue weighted by Crippen LogP contribution is 2.37. The van der Waals surface area contributed by atoms with Crippen LogP contribution in [0.15, 0.2) is 76.5 Å². The molecular weight excluding hydrogens is 380 g/mol. The fourth-order valence-corrected chi connectivity index (χ4v) is 4.54. The highest BCUT2D eigenvalue weighted by atomic mass is 32.1. The lowest BCUT2D eigenvalue weighted by Gasteiger charge is -2.06. The van der Waals surface area contributed by atoms with Gasteiger partial charge >= 0.3 is 4.87 Å². The summed E-state index contributed by atoms with van der Waals surface area (Å²) < 4.78 is 1.43. The van der Waals surface area contributed by atoms with Gasteiger partial charge in [-0.15, -0.1) is 0 Å². The summed E-state index contributed by atoms with van der Waals surface area (Å²) in [5, 5.41) is 13.0. The third kappa shape index (κ3) is 3.09. The van der Waals surface area contributed by atoms with E-state index in [0.29, 0.717) is 11.4 Å². The molecule has 0 fully saturated rings. The Morgan fingerprint density at radius 1 is 1.03 bits per heavy atom. The van der Waals surface area contributed by atoms with Gasteiger partial charge in [0.1, 0.15) is 0 Å². The van der Waals surface area contributed by atoms with Gasteiger partial charge in [0.05, 0.1) is 17.1 Å². The van der Waals surface area contributed by atoms with Gasteiger partial charge in [-0.05, 0) is 41.5 Å². The van der Waals surface area contributed by atoms with E-state index in [1.807, 2.05) is 67.6 Å². The average Bonchev–Trinajstić information content (AvgIpc) is 3.19. The zero-order valence-corrected chi connectivity index (χ0v) is 16.6. The van der Waals surface area contributed by atoms with Gasteiger partial charge in [0.2, 0.25) is 5.88 Å². The second kappa shape index (κ2) is 6.87. The third-order valence-electron chi connectivity index (χ3n) is 5.20. The molecule has 0 saturated carbocycles. The van der Waals surface area contributed by atoms with Crippen LogP contribution in [-0.4, -0.2) is 15.4 Å². The van der Waals surface area contributed by atoms with Gasteiger partial charge < -0.3 is 5.11 Å². The number of rotatable bonds is 3. The van der Waals surface area contributed by atoms with E-state index in [9.17, 15) is 9.90 Å². The molecule has 29 heavy (non-hydrogen) atoms. The van der Waals surface area contributed by atoms with Crippen LogP contribution in [0.25, 0.3) is 22.4 Å². The Hall–Kier alpha value is -3.44. The minimum atomic E-state index is -0.177. The Balaban J connectivity index is 1.53. The second-order valence-electron chi connectivity index (χ2n) is 7.10. The van der Waals surface area contributed by atoms with E-state index in [1.165, 1.54) is 4.57 Å². The normalized spacial score (nSPS) is 14.4. The molecule has 0 saturated heterocycles. The highest BCUT2D eigenvalue weighted by Gasteiger charge is 2.20. The lowest BCUT2D eigenvalue weighted by Crippen LogP contribution is -2.13. The lowest BCUT2D eigenvalue weighted by molar-refractivity contribution is 0.420. The minimum absolute atomic E-state index is 0.00200. The van der Waals surface area contributed by atoms with E-state index in [0.717, 1.165) is 50.2 Å². The van der Waals surface area contributed by atoms with Gasteiger partial charge in [0, 0.05) is 16.8 Å². The predicted molar refractivity (Wildman–Crippen MR) is 120 cm³/mol. The van der Waals surface area contributed by atoms with Crippen molar-refractivity contribution in [3.63, 3.8) is 0 Å². The van der Waals surface area contributed by atoms with Gasteiger partial charge in [-0.3, -0.25) is 14.4 Å². The van der Waals surface area contributed by atoms with Crippen LogP contribution in [0, 0.1) is 0 Å².